The molecule has 4 heteroatoms. The van der Waals surface area contributed by atoms with Crippen molar-refractivity contribution in [3.05, 3.63) is 24.5 Å². The minimum absolute atomic E-state index is 0.0990. The van der Waals surface area contributed by atoms with Crippen molar-refractivity contribution >= 4 is 5.91 Å². The first-order valence-electron chi connectivity index (χ1n) is 5.35. The molecular weight excluding hydrogens is 192 g/mol. The highest BCUT2D eigenvalue weighted by molar-refractivity contribution is 5.78. The Kier molecular flexibility index (Phi) is 3.06. The summed E-state index contributed by atoms with van der Waals surface area (Å²) in [4.78, 5) is 16.9. The van der Waals surface area contributed by atoms with E-state index in [4.69, 9.17) is 4.84 Å². The van der Waals surface area contributed by atoms with Crippen molar-refractivity contribution in [3.8, 4) is 0 Å². The molecule has 15 heavy (non-hydrogen) atoms. The van der Waals surface area contributed by atoms with Crippen molar-refractivity contribution in [2.24, 2.45) is 0 Å². The van der Waals surface area contributed by atoms with Crippen LogP contribution in [0.5, 0.6) is 0 Å². The lowest BCUT2D eigenvalue weighted by atomic mass is 9.97. The van der Waals surface area contributed by atoms with Crippen LogP contribution >= 0.6 is 0 Å². The number of amides is 1. The second-order valence-electron chi connectivity index (χ2n) is 3.94. The number of hydroxylamine groups is 1. The molecule has 82 valence electrons. The van der Waals surface area contributed by atoms with E-state index < -0.39 is 0 Å². The van der Waals surface area contributed by atoms with Gasteiger partial charge in [0.05, 0.1) is 6.10 Å². The number of hydrogen-bond donors (Lipinski definition) is 1. The summed E-state index contributed by atoms with van der Waals surface area (Å²) >= 11 is 0. The highest BCUT2D eigenvalue weighted by atomic mass is 16.7. The summed E-state index contributed by atoms with van der Waals surface area (Å²) in [6.45, 7) is 1.85. The van der Waals surface area contributed by atoms with Gasteiger partial charge >= 0.3 is 0 Å². The molecule has 0 bridgehead atoms. The van der Waals surface area contributed by atoms with E-state index in [-0.39, 0.29) is 18.1 Å². The number of hydrogen-bond acceptors (Lipinski definition) is 2. The normalized spacial score (nSPS) is 18.2. The smallest absolute Gasteiger partial charge is 0.266 e. The summed E-state index contributed by atoms with van der Waals surface area (Å²) in [7, 11) is 0. The van der Waals surface area contributed by atoms with Crippen LogP contribution in [0.4, 0.5) is 0 Å². The molecule has 1 N–H and O–H groups in total. The molecule has 1 atom stereocenters. The molecule has 1 aromatic heterocycles. The summed E-state index contributed by atoms with van der Waals surface area (Å²) < 4.78 is 1.85. The molecule has 0 aromatic carbocycles. The average molecular weight is 208 g/mol. The molecule has 1 aromatic rings. The van der Waals surface area contributed by atoms with Gasteiger partial charge < -0.3 is 4.57 Å². The Morgan fingerprint density at radius 3 is 2.67 bits per heavy atom. The number of aromatic nitrogens is 1. The number of nitrogens with one attached hydrogen (secondary N) is 1. The van der Waals surface area contributed by atoms with Crippen LogP contribution in [0.3, 0.4) is 0 Å². The van der Waals surface area contributed by atoms with Crippen LogP contribution in [-0.2, 0) is 9.63 Å². The van der Waals surface area contributed by atoms with Crippen LogP contribution in [-0.4, -0.2) is 16.6 Å². The molecule has 1 unspecified atom stereocenters. The predicted molar refractivity (Wildman–Crippen MR) is 56.0 cm³/mol. The van der Waals surface area contributed by atoms with Crippen molar-refractivity contribution in [2.75, 3.05) is 0 Å². The lowest BCUT2D eigenvalue weighted by Gasteiger charge is -2.25. The first kappa shape index (κ1) is 10.2. The fourth-order valence-electron chi connectivity index (χ4n) is 1.46. The first-order chi connectivity index (χ1) is 7.27. The Bertz CT molecular complexity index is 317. The Hall–Kier alpha value is -1.29. The third kappa shape index (κ3) is 2.39. The third-order valence-corrected chi connectivity index (χ3v) is 2.83. The summed E-state index contributed by atoms with van der Waals surface area (Å²) in [6, 6.07) is 3.58. The van der Waals surface area contributed by atoms with Crippen molar-refractivity contribution in [1.29, 1.82) is 0 Å². The molecule has 1 amide bonds. The predicted octanol–water partition coefficient (Wildman–Crippen LogP) is 1.65. The Balaban J connectivity index is 1.79. The van der Waals surface area contributed by atoms with Gasteiger partial charge in [0.1, 0.15) is 6.04 Å². The van der Waals surface area contributed by atoms with E-state index in [1.807, 2.05) is 36.0 Å². The number of carbonyl (C=O) groups excluding carboxylic acids is 1. The quantitative estimate of drug-likeness (QED) is 0.764. The van der Waals surface area contributed by atoms with Gasteiger partial charge in [-0.3, -0.25) is 9.63 Å². The minimum atomic E-state index is -0.222. The van der Waals surface area contributed by atoms with Crippen LogP contribution in [0, 0.1) is 0 Å². The van der Waals surface area contributed by atoms with E-state index in [1.54, 1.807) is 0 Å². The van der Waals surface area contributed by atoms with Crippen molar-refractivity contribution in [3.63, 3.8) is 0 Å². The van der Waals surface area contributed by atoms with Gasteiger partial charge in [0.15, 0.2) is 0 Å². The second-order valence-corrected chi connectivity index (χ2v) is 3.94. The van der Waals surface area contributed by atoms with Crippen molar-refractivity contribution < 1.29 is 9.63 Å². The molecule has 1 heterocycles. The maximum atomic E-state index is 11.6. The lowest BCUT2D eigenvalue weighted by Crippen LogP contribution is -2.36. The van der Waals surface area contributed by atoms with Gasteiger partial charge in [-0.1, -0.05) is 0 Å². The highest BCUT2D eigenvalue weighted by Crippen LogP contribution is 2.20. The summed E-state index contributed by atoms with van der Waals surface area (Å²) in [5.74, 6) is -0.0990. The van der Waals surface area contributed by atoms with Crippen LogP contribution < -0.4 is 5.48 Å². The molecule has 1 saturated carbocycles. The molecular formula is C11H16N2O2. The van der Waals surface area contributed by atoms with Gasteiger partial charge in [0.2, 0.25) is 0 Å². The maximum absolute atomic E-state index is 11.6. The van der Waals surface area contributed by atoms with Gasteiger partial charge in [0, 0.05) is 12.4 Å². The van der Waals surface area contributed by atoms with Crippen LogP contribution in [0.2, 0.25) is 0 Å². The standard InChI is InChI=1S/C11H16N2O2/c1-9(13-7-2-3-8-13)11(14)12-15-10-5-4-6-10/h2-3,7-10H,4-6H2,1H3,(H,12,14). The first-order valence-corrected chi connectivity index (χ1v) is 5.35. The van der Waals surface area contributed by atoms with E-state index in [9.17, 15) is 4.79 Å². The third-order valence-electron chi connectivity index (χ3n) is 2.83. The molecule has 0 spiro atoms. The van der Waals surface area contributed by atoms with Gasteiger partial charge in [-0.25, -0.2) is 5.48 Å². The molecule has 4 nitrogen and oxygen atoms in total. The zero-order chi connectivity index (χ0) is 10.7. The van der Waals surface area contributed by atoms with Crippen molar-refractivity contribution in [2.45, 2.75) is 38.3 Å². The Morgan fingerprint density at radius 2 is 2.13 bits per heavy atom. The van der Waals surface area contributed by atoms with Crippen molar-refractivity contribution in [1.82, 2.24) is 10.0 Å². The fourth-order valence-corrected chi connectivity index (χ4v) is 1.46. The minimum Gasteiger partial charge on any atom is -0.342 e. The zero-order valence-electron chi connectivity index (χ0n) is 8.85. The van der Waals surface area contributed by atoms with E-state index >= 15 is 0 Å². The van der Waals surface area contributed by atoms with E-state index in [1.165, 1.54) is 6.42 Å². The maximum Gasteiger partial charge on any atom is 0.266 e. The second kappa shape index (κ2) is 4.49. The van der Waals surface area contributed by atoms with Crippen LogP contribution in [0.1, 0.15) is 32.2 Å². The Labute approximate surface area is 89.2 Å². The monoisotopic (exact) mass is 208 g/mol. The summed E-state index contributed by atoms with van der Waals surface area (Å²) in [5.41, 5.74) is 2.51. The summed E-state index contributed by atoms with van der Waals surface area (Å²) in [5, 5.41) is 0. The van der Waals surface area contributed by atoms with E-state index in [0.717, 1.165) is 12.8 Å². The zero-order valence-corrected chi connectivity index (χ0v) is 8.85. The lowest BCUT2D eigenvalue weighted by molar-refractivity contribution is -0.145. The molecule has 0 radical (unpaired) electrons. The molecule has 1 fully saturated rings. The van der Waals surface area contributed by atoms with E-state index in [0.29, 0.717) is 0 Å². The number of carbonyl (C=O) groups is 1. The van der Waals surface area contributed by atoms with Gasteiger partial charge in [-0.15, -0.1) is 0 Å². The van der Waals surface area contributed by atoms with E-state index in [2.05, 4.69) is 5.48 Å². The topological polar surface area (TPSA) is 43.3 Å². The SMILES string of the molecule is CC(C(=O)NOC1CCC1)n1cccc1. The highest BCUT2D eigenvalue weighted by Gasteiger charge is 2.21. The molecule has 1 aliphatic rings. The molecule has 1 aliphatic carbocycles. The fraction of sp³-hybridized carbons (Fsp3) is 0.545. The number of nitrogens with zero attached hydrogens (tertiary/aromatic N) is 1. The van der Waals surface area contributed by atoms with Crippen LogP contribution in [0.15, 0.2) is 24.5 Å². The molecule has 0 saturated heterocycles. The summed E-state index contributed by atoms with van der Waals surface area (Å²) in [6.07, 6.45) is 7.27. The van der Waals surface area contributed by atoms with Gasteiger partial charge in [0.25, 0.3) is 5.91 Å². The van der Waals surface area contributed by atoms with Gasteiger partial charge in [-0.2, -0.15) is 0 Å². The Morgan fingerprint density at radius 1 is 1.47 bits per heavy atom. The molecule has 2 rings (SSSR count). The van der Waals surface area contributed by atoms with Crippen LogP contribution in [0.25, 0.3) is 0 Å². The average Bonchev–Trinajstić information content (AvgIpc) is 2.66. The largest absolute Gasteiger partial charge is 0.342 e. The molecule has 0 aliphatic heterocycles. The van der Waals surface area contributed by atoms with Gasteiger partial charge in [-0.05, 0) is 38.3 Å². The number of rotatable bonds is 4.